The molecule has 1 aromatic heterocycles. The molecule has 0 aliphatic heterocycles. The van der Waals surface area contributed by atoms with Gasteiger partial charge in [-0.25, -0.2) is 0 Å². The van der Waals surface area contributed by atoms with Gasteiger partial charge in [-0.15, -0.1) is 0 Å². The van der Waals surface area contributed by atoms with Crippen LogP contribution < -0.4 is 5.32 Å². The molecule has 0 aliphatic rings. The number of rotatable bonds is 4. The van der Waals surface area contributed by atoms with Gasteiger partial charge in [-0.05, 0) is 19.4 Å². The van der Waals surface area contributed by atoms with E-state index in [4.69, 9.17) is 16.7 Å². The normalized spacial score (nSPS) is 12.5. The van der Waals surface area contributed by atoms with Gasteiger partial charge in [0.15, 0.2) is 0 Å². The summed E-state index contributed by atoms with van der Waals surface area (Å²) in [7, 11) is 0. The minimum absolute atomic E-state index is 0.177. The summed E-state index contributed by atoms with van der Waals surface area (Å²) < 4.78 is 0. The van der Waals surface area contributed by atoms with Crippen molar-refractivity contribution >= 4 is 17.3 Å². The molecule has 1 rings (SSSR count). The van der Waals surface area contributed by atoms with Crippen molar-refractivity contribution in [1.82, 2.24) is 4.98 Å². The zero-order valence-corrected chi connectivity index (χ0v) is 8.25. The molecule has 0 spiro atoms. The van der Waals surface area contributed by atoms with Crippen molar-refractivity contribution in [3.63, 3.8) is 0 Å². The SMILES string of the molecule is CC(CCO)Nc1ccncc1Cl. The number of aliphatic hydroxyl groups excluding tert-OH is 1. The second-order valence-electron chi connectivity index (χ2n) is 2.91. The Hall–Kier alpha value is -0.800. The molecular formula is C9H13ClN2O. The molecule has 2 N–H and O–H groups in total. The summed E-state index contributed by atoms with van der Waals surface area (Å²) in [5.41, 5.74) is 0.859. The van der Waals surface area contributed by atoms with Crippen LogP contribution in [0.4, 0.5) is 5.69 Å². The zero-order chi connectivity index (χ0) is 9.68. The third kappa shape index (κ3) is 3.20. The Kier molecular flexibility index (Phi) is 3.99. The molecule has 0 radical (unpaired) electrons. The van der Waals surface area contributed by atoms with E-state index in [2.05, 4.69) is 10.3 Å². The molecule has 0 saturated carbocycles. The van der Waals surface area contributed by atoms with Crippen molar-refractivity contribution in [2.24, 2.45) is 0 Å². The van der Waals surface area contributed by atoms with Gasteiger partial charge in [-0.1, -0.05) is 11.6 Å². The second kappa shape index (κ2) is 5.04. The quantitative estimate of drug-likeness (QED) is 0.781. The van der Waals surface area contributed by atoms with Crippen molar-refractivity contribution in [1.29, 1.82) is 0 Å². The summed E-state index contributed by atoms with van der Waals surface area (Å²) in [6.07, 6.45) is 3.98. The Morgan fingerprint density at radius 3 is 3.08 bits per heavy atom. The number of nitrogens with one attached hydrogen (secondary N) is 1. The Balaban J connectivity index is 2.58. The van der Waals surface area contributed by atoms with E-state index in [1.54, 1.807) is 12.4 Å². The first-order valence-corrected chi connectivity index (χ1v) is 4.58. The lowest BCUT2D eigenvalue weighted by Gasteiger charge is -2.14. The number of hydrogen-bond acceptors (Lipinski definition) is 3. The topological polar surface area (TPSA) is 45.1 Å². The Morgan fingerprint density at radius 1 is 1.69 bits per heavy atom. The fraction of sp³-hybridized carbons (Fsp3) is 0.444. The lowest BCUT2D eigenvalue weighted by atomic mass is 10.2. The van der Waals surface area contributed by atoms with Crippen LogP contribution in [0.3, 0.4) is 0 Å². The van der Waals surface area contributed by atoms with Crippen LogP contribution in [0.25, 0.3) is 0 Å². The monoisotopic (exact) mass is 200 g/mol. The standard InChI is InChI=1S/C9H13ClN2O/c1-7(3-5-13)12-9-2-4-11-6-8(9)10/h2,4,6-7,13H,3,5H2,1H3,(H,11,12). The van der Waals surface area contributed by atoms with Gasteiger partial charge in [0.2, 0.25) is 0 Å². The van der Waals surface area contributed by atoms with E-state index in [0.717, 1.165) is 5.69 Å². The van der Waals surface area contributed by atoms with E-state index >= 15 is 0 Å². The number of aromatic nitrogens is 1. The molecule has 1 aromatic rings. The molecule has 1 atom stereocenters. The van der Waals surface area contributed by atoms with Crippen LogP contribution in [-0.4, -0.2) is 22.7 Å². The molecule has 0 bridgehead atoms. The van der Waals surface area contributed by atoms with E-state index in [0.29, 0.717) is 11.4 Å². The summed E-state index contributed by atoms with van der Waals surface area (Å²) >= 11 is 5.88. The molecule has 0 fully saturated rings. The lowest BCUT2D eigenvalue weighted by molar-refractivity contribution is 0.282. The van der Waals surface area contributed by atoms with Crippen molar-refractivity contribution in [3.05, 3.63) is 23.5 Å². The first kappa shape index (κ1) is 10.3. The molecule has 0 amide bonds. The highest BCUT2D eigenvalue weighted by atomic mass is 35.5. The Labute approximate surface area is 82.8 Å². The second-order valence-corrected chi connectivity index (χ2v) is 3.32. The smallest absolute Gasteiger partial charge is 0.0820 e. The van der Waals surface area contributed by atoms with Gasteiger partial charge in [-0.3, -0.25) is 4.98 Å². The van der Waals surface area contributed by atoms with Crippen LogP contribution in [0.2, 0.25) is 5.02 Å². The molecule has 0 saturated heterocycles. The fourth-order valence-electron chi connectivity index (χ4n) is 1.02. The van der Waals surface area contributed by atoms with E-state index in [1.807, 2.05) is 13.0 Å². The van der Waals surface area contributed by atoms with Crippen LogP contribution in [0, 0.1) is 0 Å². The number of hydrogen-bond donors (Lipinski definition) is 2. The highest BCUT2D eigenvalue weighted by Gasteiger charge is 2.03. The maximum Gasteiger partial charge on any atom is 0.0820 e. The summed E-state index contributed by atoms with van der Waals surface area (Å²) in [6, 6.07) is 2.03. The Morgan fingerprint density at radius 2 is 2.46 bits per heavy atom. The highest BCUT2D eigenvalue weighted by Crippen LogP contribution is 2.20. The molecule has 0 aliphatic carbocycles. The molecule has 0 aromatic carbocycles. The maximum atomic E-state index is 8.70. The van der Waals surface area contributed by atoms with Gasteiger partial charge in [-0.2, -0.15) is 0 Å². The van der Waals surface area contributed by atoms with Crippen molar-refractivity contribution in [2.75, 3.05) is 11.9 Å². The van der Waals surface area contributed by atoms with Gasteiger partial charge in [0.25, 0.3) is 0 Å². The van der Waals surface area contributed by atoms with Crippen LogP contribution in [-0.2, 0) is 0 Å². The third-order valence-corrected chi connectivity index (χ3v) is 2.04. The third-order valence-electron chi connectivity index (χ3n) is 1.74. The van der Waals surface area contributed by atoms with Crippen LogP contribution >= 0.6 is 11.6 Å². The first-order chi connectivity index (χ1) is 6.24. The fourth-order valence-corrected chi connectivity index (χ4v) is 1.20. The van der Waals surface area contributed by atoms with Crippen molar-refractivity contribution in [2.45, 2.75) is 19.4 Å². The highest BCUT2D eigenvalue weighted by molar-refractivity contribution is 6.33. The summed E-state index contributed by atoms with van der Waals surface area (Å²) in [5, 5.41) is 12.5. The van der Waals surface area contributed by atoms with E-state index in [-0.39, 0.29) is 12.6 Å². The minimum atomic E-state index is 0.177. The van der Waals surface area contributed by atoms with Gasteiger partial charge in [0.1, 0.15) is 0 Å². The predicted octanol–water partition coefficient (Wildman–Crippen LogP) is 1.92. The number of aliphatic hydroxyl groups is 1. The molecular weight excluding hydrogens is 188 g/mol. The van der Waals surface area contributed by atoms with E-state index in [1.165, 1.54) is 0 Å². The van der Waals surface area contributed by atoms with E-state index < -0.39 is 0 Å². The van der Waals surface area contributed by atoms with Gasteiger partial charge >= 0.3 is 0 Å². The van der Waals surface area contributed by atoms with Gasteiger partial charge in [0.05, 0.1) is 10.7 Å². The van der Waals surface area contributed by atoms with Crippen LogP contribution in [0.15, 0.2) is 18.5 Å². The zero-order valence-electron chi connectivity index (χ0n) is 7.50. The number of anilines is 1. The molecule has 4 heteroatoms. The van der Waals surface area contributed by atoms with Crippen LogP contribution in [0.1, 0.15) is 13.3 Å². The minimum Gasteiger partial charge on any atom is -0.396 e. The van der Waals surface area contributed by atoms with E-state index in [9.17, 15) is 0 Å². The first-order valence-electron chi connectivity index (χ1n) is 4.21. The molecule has 1 unspecified atom stereocenters. The van der Waals surface area contributed by atoms with Gasteiger partial charge < -0.3 is 10.4 Å². The van der Waals surface area contributed by atoms with Gasteiger partial charge in [0, 0.05) is 25.0 Å². The average Bonchev–Trinajstić information content (AvgIpc) is 2.09. The molecule has 3 nitrogen and oxygen atoms in total. The molecule has 72 valence electrons. The predicted molar refractivity (Wildman–Crippen MR) is 54.0 cm³/mol. The summed E-state index contributed by atoms with van der Waals surface area (Å²) in [6.45, 7) is 2.17. The molecule has 13 heavy (non-hydrogen) atoms. The summed E-state index contributed by atoms with van der Waals surface area (Å²) in [5.74, 6) is 0. The average molecular weight is 201 g/mol. The lowest BCUT2D eigenvalue weighted by Crippen LogP contribution is -2.16. The maximum absolute atomic E-state index is 8.70. The molecule has 1 heterocycles. The largest absolute Gasteiger partial charge is 0.396 e. The number of pyridine rings is 1. The summed E-state index contributed by atoms with van der Waals surface area (Å²) in [4.78, 5) is 3.88. The number of nitrogens with zero attached hydrogens (tertiary/aromatic N) is 1. The Bertz CT molecular complexity index is 268. The van der Waals surface area contributed by atoms with Crippen LogP contribution in [0.5, 0.6) is 0 Å². The van der Waals surface area contributed by atoms with Crippen molar-refractivity contribution in [3.8, 4) is 0 Å². The number of halogens is 1. The van der Waals surface area contributed by atoms with Crippen molar-refractivity contribution < 1.29 is 5.11 Å².